The zero-order valence-electron chi connectivity index (χ0n) is 16.8. The molecule has 1 unspecified atom stereocenters. The van der Waals surface area contributed by atoms with Gasteiger partial charge in [-0.15, -0.1) is 11.8 Å². The molecule has 0 bridgehead atoms. The number of carboxylic acids is 1. The Bertz CT molecular complexity index is 807. The number of carbonyl (C=O) groups excluding carboxylic acids is 3. The predicted octanol–water partition coefficient (Wildman–Crippen LogP) is 2.22. The van der Waals surface area contributed by atoms with E-state index >= 15 is 0 Å². The molecule has 0 aromatic heterocycles. The average molecular weight is 419 g/mol. The van der Waals surface area contributed by atoms with Gasteiger partial charge >= 0.3 is 5.97 Å². The van der Waals surface area contributed by atoms with Crippen LogP contribution >= 0.6 is 11.8 Å². The number of carbonyl (C=O) groups is 4. The third-order valence-electron chi connectivity index (χ3n) is 4.62. The second-order valence-corrected chi connectivity index (χ2v) is 8.18. The molecule has 0 spiro atoms. The van der Waals surface area contributed by atoms with Gasteiger partial charge in [0.2, 0.25) is 11.8 Å². The van der Waals surface area contributed by atoms with E-state index < -0.39 is 23.7 Å². The molecule has 0 aliphatic carbocycles. The van der Waals surface area contributed by atoms with Gasteiger partial charge in [-0.3, -0.25) is 14.4 Å². The van der Waals surface area contributed by atoms with E-state index in [1.54, 1.807) is 30.3 Å². The maximum Gasteiger partial charge on any atom is 0.374 e. The van der Waals surface area contributed by atoms with E-state index in [0.29, 0.717) is 6.42 Å². The van der Waals surface area contributed by atoms with Crippen molar-refractivity contribution in [1.82, 2.24) is 10.2 Å². The van der Waals surface area contributed by atoms with Gasteiger partial charge in [-0.25, -0.2) is 4.79 Å². The van der Waals surface area contributed by atoms with Crippen molar-refractivity contribution in [3.8, 4) is 0 Å². The fourth-order valence-corrected chi connectivity index (χ4v) is 4.21. The minimum atomic E-state index is -1.61. The Kier molecular flexibility index (Phi) is 8.01. The highest BCUT2D eigenvalue weighted by molar-refractivity contribution is 8.03. The normalized spacial score (nSPS) is 17.7. The van der Waals surface area contributed by atoms with E-state index in [1.165, 1.54) is 16.7 Å². The number of carboxylic acid groups (broad SMARTS) is 1. The van der Waals surface area contributed by atoms with Crippen LogP contribution in [0, 0.1) is 5.92 Å². The Morgan fingerprint density at radius 1 is 1.21 bits per heavy atom. The second kappa shape index (κ2) is 10.2. The van der Waals surface area contributed by atoms with Gasteiger partial charge in [0.15, 0.2) is 0 Å². The molecular formula is C21H26N2O5S. The molecule has 1 aromatic carbocycles. The first-order valence-corrected chi connectivity index (χ1v) is 10.4. The van der Waals surface area contributed by atoms with Gasteiger partial charge in [-0.1, -0.05) is 51.1 Å². The first kappa shape index (κ1) is 22.7. The summed E-state index contributed by atoms with van der Waals surface area (Å²) in [5.74, 6) is -3.31. The molecule has 0 saturated carbocycles. The van der Waals surface area contributed by atoms with Gasteiger partial charge in [0.25, 0.3) is 5.78 Å². The van der Waals surface area contributed by atoms with Crippen molar-refractivity contribution in [3.63, 3.8) is 0 Å². The number of Topliss-reactive ketones (excluding diaryl/α,β-unsaturated/α-hetero) is 1. The van der Waals surface area contributed by atoms with Crippen LogP contribution in [0.15, 0.2) is 41.4 Å². The maximum atomic E-state index is 12.8. The summed E-state index contributed by atoms with van der Waals surface area (Å²) in [5.41, 5.74) is 1.46. The van der Waals surface area contributed by atoms with Gasteiger partial charge in [0.05, 0.1) is 5.25 Å². The van der Waals surface area contributed by atoms with Gasteiger partial charge in [0.1, 0.15) is 12.6 Å². The van der Waals surface area contributed by atoms with Crippen LogP contribution in [0.25, 0.3) is 0 Å². The van der Waals surface area contributed by atoms with E-state index in [9.17, 15) is 19.2 Å². The summed E-state index contributed by atoms with van der Waals surface area (Å²) >= 11 is 1.45. The second-order valence-electron chi connectivity index (χ2n) is 7.17. The fraction of sp³-hybridized carbons (Fsp3) is 0.429. The number of thioether (sulfide) groups is 1. The first-order valence-electron chi connectivity index (χ1n) is 9.50. The monoisotopic (exact) mass is 418 g/mol. The number of benzene rings is 1. The summed E-state index contributed by atoms with van der Waals surface area (Å²) in [6.45, 7) is 5.53. The smallest absolute Gasteiger partial charge is 0.374 e. The van der Waals surface area contributed by atoms with Crippen molar-refractivity contribution in [3.05, 3.63) is 47.0 Å². The quantitative estimate of drug-likeness (QED) is 0.596. The predicted molar refractivity (Wildman–Crippen MR) is 111 cm³/mol. The van der Waals surface area contributed by atoms with Crippen LogP contribution in [0.5, 0.6) is 0 Å². The molecule has 1 aromatic rings. The summed E-state index contributed by atoms with van der Waals surface area (Å²) < 4.78 is 0. The van der Waals surface area contributed by atoms with E-state index in [4.69, 9.17) is 5.11 Å². The molecular weight excluding hydrogens is 392 g/mol. The molecule has 2 rings (SSSR count). The molecule has 1 aliphatic heterocycles. The maximum absolute atomic E-state index is 12.8. The van der Waals surface area contributed by atoms with Gasteiger partial charge < -0.3 is 15.3 Å². The minimum Gasteiger partial charge on any atom is -0.475 e. The number of aliphatic carboxylic acids is 1. The largest absolute Gasteiger partial charge is 0.475 e. The Morgan fingerprint density at radius 2 is 1.86 bits per heavy atom. The average Bonchev–Trinajstić information content (AvgIpc) is 2.68. The lowest BCUT2D eigenvalue weighted by Crippen LogP contribution is -2.51. The Labute approximate surface area is 174 Å². The minimum absolute atomic E-state index is 0.0621. The molecule has 2 N–H and O–H groups in total. The van der Waals surface area contributed by atoms with Crippen LogP contribution in [0.2, 0.25) is 0 Å². The Balaban J connectivity index is 2.14. The fourth-order valence-electron chi connectivity index (χ4n) is 3.06. The highest BCUT2D eigenvalue weighted by Gasteiger charge is 2.34. The molecule has 0 fully saturated rings. The Morgan fingerprint density at radius 3 is 2.41 bits per heavy atom. The van der Waals surface area contributed by atoms with E-state index in [0.717, 1.165) is 11.3 Å². The molecule has 29 heavy (non-hydrogen) atoms. The lowest BCUT2D eigenvalue weighted by atomic mass is 10.0. The molecule has 0 radical (unpaired) electrons. The molecule has 7 nitrogen and oxygen atoms in total. The number of allylic oxidation sites excluding steroid dienone is 1. The number of hydrogen-bond donors (Lipinski definition) is 2. The Hall–Kier alpha value is -2.61. The lowest BCUT2D eigenvalue weighted by Gasteiger charge is -2.33. The van der Waals surface area contributed by atoms with Crippen LogP contribution in [0.4, 0.5) is 0 Å². The lowest BCUT2D eigenvalue weighted by molar-refractivity contribution is -0.150. The van der Waals surface area contributed by atoms with Crippen molar-refractivity contribution >= 4 is 35.3 Å². The summed E-state index contributed by atoms with van der Waals surface area (Å²) in [4.78, 5) is 50.2. The zero-order chi connectivity index (χ0) is 21.6. The van der Waals surface area contributed by atoms with Crippen molar-refractivity contribution in [1.29, 1.82) is 0 Å². The van der Waals surface area contributed by atoms with Crippen molar-refractivity contribution in [2.75, 3.05) is 6.54 Å². The molecule has 1 aliphatic rings. The molecule has 0 saturated heterocycles. The van der Waals surface area contributed by atoms with Crippen LogP contribution in [0.1, 0.15) is 32.8 Å². The van der Waals surface area contributed by atoms with Crippen LogP contribution in [-0.2, 0) is 25.6 Å². The molecule has 2 amide bonds. The molecule has 1 heterocycles. The van der Waals surface area contributed by atoms with Gasteiger partial charge in [0, 0.05) is 12.1 Å². The summed E-state index contributed by atoms with van der Waals surface area (Å²) in [6.07, 6.45) is 0.644. The number of nitrogens with one attached hydrogen (secondary N) is 1. The number of nitrogens with zero attached hydrogens (tertiary/aromatic N) is 1. The molecule has 2 atom stereocenters. The van der Waals surface area contributed by atoms with Crippen molar-refractivity contribution < 1.29 is 24.3 Å². The van der Waals surface area contributed by atoms with Gasteiger partial charge in [-0.05, 0) is 23.3 Å². The topological polar surface area (TPSA) is 104 Å². The molecule has 156 valence electrons. The third kappa shape index (κ3) is 5.93. The van der Waals surface area contributed by atoms with Gasteiger partial charge in [-0.2, -0.15) is 0 Å². The third-order valence-corrected chi connectivity index (χ3v) is 6.07. The van der Waals surface area contributed by atoms with E-state index in [-0.39, 0.29) is 30.0 Å². The van der Waals surface area contributed by atoms with Crippen LogP contribution in [0.3, 0.4) is 0 Å². The van der Waals surface area contributed by atoms with Crippen molar-refractivity contribution in [2.24, 2.45) is 5.92 Å². The number of ketones is 1. The van der Waals surface area contributed by atoms with Crippen molar-refractivity contribution in [2.45, 2.75) is 44.9 Å². The molecule has 8 heteroatoms. The van der Waals surface area contributed by atoms with E-state index in [2.05, 4.69) is 5.32 Å². The number of amides is 2. The van der Waals surface area contributed by atoms with Crippen LogP contribution in [-0.4, -0.2) is 51.4 Å². The summed E-state index contributed by atoms with van der Waals surface area (Å²) in [7, 11) is 0. The van der Waals surface area contributed by atoms with E-state index in [1.807, 2.05) is 26.2 Å². The highest BCUT2D eigenvalue weighted by atomic mass is 32.2. The van der Waals surface area contributed by atoms with Crippen LogP contribution < -0.4 is 5.32 Å². The highest BCUT2D eigenvalue weighted by Crippen LogP contribution is 2.31. The summed E-state index contributed by atoms with van der Waals surface area (Å²) in [6, 6.07) is 7.66. The summed E-state index contributed by atoms with van der Waals surface area (Å²) in [5, 5.41) is 13.2. The number of rotatable bonds is 9. The first-order chi connectivity index (χ1) is 13.7. The zero-order valence-corrected chi connectivity index (χ0v) is 17.6. The SMILES string of the molecule is CCC1=CSC(C(C)C)C(=O)N1CC(=O)N[C@@H](Cc1ccccc1)C(=O)C(=O)O. The standard InChI is InChI=1S/C21H26N2O5S/c1-4-15-12-29-19(13(2)3)20(26)23(15)11-17(24)22-16(18(25)21(27)28)10-14-8-6-5-7-9-14/h5-9,12-13,16,19H,4,10-11H2,1-3H3,(H,22,24)(H,27,28)/t16-,19?/m0/s1. The number of hydrogen-bond acceptors (Lipinski definition) is 5.